The van der Waals surface area contributed by atoms with Gasteiger partial charge in [-0.25, -0.2) is 0 Å². The van der Waals surface area contributed by atoms with Gasteiger partial charge in [0, 0.05) is 11.1 Å². The molecule has 1 aromatic heterocycles. The van der Waals surface area contributed by atoms with Gasteiger partial charge in [0.1, 0.15) is 11.3 Å². The van der Waals surface area contributed by atoms with Crippen LogP contribution in [0.1, 0.15) is 16.1 Å². The Bertz CT molecular complexity index is 1150. The van der Waals surface area contributed by atoms with Crippen LogP contribution >= 0.6 is 0 Å². The van der Waals surface area contributed by atoms with E-state index in [-0.39, 0.29) is 29.7 Å². The largest absolute Gasteiger partial charge is 0.506 e. The second-order valence-electron chi connectivity index (χ2n) is 6.54. The molecule has 29 heavy (non-hydrogen) atoms. The molecule has 0 aliphatic carbocycles. The van der Waals surface area contributed by atoms with Gasteiger partial charge >= 0.3 is 0 Å². The number of phenolic OH excluding ortho intramolecular Hbond substituents is 1. The molecule has 0 bridgehead atoms. The van der Waals surface area contributed by atoms with Gasteiger partial charge in [0.05, 0.1) is 12.1 Å². The number of hydrogen-bond acceptors (Lipinski definition) is 4. The minimum atomic E-state index is -0.341. The molecule has 3 N–H and O–H groups in total. The highest BCUT2D eigenvalue weighted by Crippen LogP contribution is 2.22. The van der Waals surface area contributed by atoms with Gasteiger partial charge in [-0.15, -0.1) is 0 Å². The molecular weight excluding hydrogens is 368 g/mol. The first-order chi connectivity index (χ1) is 14.1. The van der Waals surface area contributed by atoms with E-state index in [1.54, 1.807) is 54.6 Å². The Morgan fingerprint density at radius 2 is 1.59 bits per heavy atom. The summed E-state index contributed by atoms with van der Waals surface area (Å²) in [4.78, 5) is 24.6. The Morgan fingerprint density at radius 1 is 0.862 bits per heavy atom. The van der Waals surface area contributed by atoms with Crippen molar-refractivity contribution in [1.82, 2.24) is 0 Å². The van der Waals surface area contributed by atoms with E-state index in [0.29, 0.717) is 17.0 Å². The maximum absolute atomic E-state index is 12.4. The van der Waals surface area contributed by atoms with Crippen molar-refractivity contribution >= 4 is 34.2 Å². The van der Waals surface area contributed by atoms with Gasteiger partial charge in [-0.05, 0) is 42.0 Å². The van der Waals surface area contributed by atoms with Gasteiger partial charge in [0.15, 0.2) is 5.76 Å². The SMILES string of the molecule is O=C(Cc1ccc(NC(=O)c2cc3ccccc3o2)cc1)Nc1ccccc1O. The van der Waals surface area contributed by atoms with Crippen LogP contribution in [0.15, 0.2) is 83.3 Å². The summed E-state index contributed by atoms with van der Waals surface area (Å²) in [5.74, 6) is -0.335. The number of hydrogen-bond donors (Lipinski definition) is 3. The fraction of sp³-hybridized carbons (Fsp3) is 0.0435. The van der Waals surface area contributed by atoms with Crippen LogP contribution in [0.5, 0.6) is 5.75 Å². The van der Waals surface area contributed by atoms with Crippen LogP contribution < -0.4 is 10.6 Å². The van der Waals surface area contributed by atoms with Gasteiger partial charge in [-0.1, -0.05) is 42.5 Å². The summed E-state index contributed by atoms with van der Waals surface area (Å²) >= 11 is 0. The van der Waals surface area contributed by atoms with Gasteiger partial charge < -0.3 is 20.2 Å². The minimum Gasteiger partial charge on any atom is -0.506 e. The Balaban J connectivity index is 1.38. The standard InChI is InChI=1S/C23H18N2O4/c26-19-7-3-2-6-18(19)25-22(27)13-15-9-11-17(12-10-15)24-23(28)21-14-16-5-1-4-8-20(16)29-21/h1-12,14,26H,13H2,(H,24,28)(H,25,27). The monoisotopic (exact) mass is 386 g/mol. The van der Waals surface area contributed by atoms with E-state index in [0.717, 1.165) is 10.9 Å². The smallest absolute Gasteiger partial charge is 0.291 e. The number of aromatic hydroxyl groups is 1. The quantitative estimate of drug-likeness (QED) is 0.438. The highest BCUT2D eigenvalue weighted by atomic mass is 16.3. The molecule has 0 fully saturated rings. The van der Waals surface area contributed by atoms with Crippen LogP contribution in [0, 0.1) is 0 Å². The Morgan fingerprint density at radius 3 is 2.34 bits per heavy atom. The van der Waals surface area contributed by atoms with E-state index in [1.807, 2.05) is 18.2 Å². The molecule has 0 radical (unpaired) electrons. The van der Waals surface area contributed by atoms with Crippen molar-refractivity contribution in [2.75, 3.05) is 10.6 Å². The van der Waals surface area contributed by atoms with E-state index in [9.17, 15) is 14.7 Å². The van der Waals surface area contributed by atoms with Crippen molar-refractivity contribution < 1.29 is 19.1 Å². The van der Waals surface area contributed by atoms with Crippen molar-refractivity contribution in [2.45, 2.75) is 6.42 Å². The van der Waals surface area contributed by atoms with E-state index >= 15 is 0 Å². The number of anilines is 2. The lowest BCUT2D eigenvalue weighted by molar-refractivity contribution is -0.115. The average molecular weight is 386 g/mol. The fourth-order valence-corrected chi connectivity index (χ4v) is 2.95. The Hall–Kier alpha value is -4.06. The van der Waals surface area contributed by atoms with E-state index in [1.165, 1.54) is 6.07 Å². The first-order valence-electron chi connectivity index (χ1n) is 9.05. The predicted octanol–water partition coefficient (Wildman–Crippen LogP) is 4.57. The minimum absolute atomic E-state index is 0.0181. The topological polar surface area (TPSA) is 91.6 Å². The first kappa shape index (κ1) is 18.3. The number of benzene rings is 3. The summed E-state index contributed by atoms with van der Waals surface area (Å²) in [6.45, 7) is 0. The summed E-state index contributed by atoms with van der Waals surface area (Å²) in [6, 6.07) is 22.6. The molecular formula is C23H18N2O4. The van der Waals surface area contributed by atoms with Crippen LogP contribution in [0.2, 0.25) is 0 Å². The van der Waals surface area contributed by atoms with E-state index in [4.69, 9.17) is 4.42 Å². The van der Waals surface area contributed by atoms with Crippen molar-refractivity contribution in [3.05, 3.63) is 90.2 Å². The van der Waals surface area contributed by atoms with E-state index in [2.05, 4.69) is 10.6 Å². The molecule has 1 heterocycles. The molecule has 2 amide bonds. The highest BCUT2D eigenvalue weighted by Gasteiger charge is 2.13. The number of carbonyl (C=O) groups is 2. The van der Waals surface area contributed by atoms with Crippen LogP contribution in [0.25, 0.3) is 11.0 Å². The van der Waals surface area contributed by atoms with Crippen LogP contribution in [0.4, 0.5) is 11.4 Å². The van der Waals surface area contributed by atoms with Crippen LogP contribution in [-0.2, 0) is 11.2 Å². The molecule has 0 spiro atoms. The summed E-state index contributed by atoms with van der Waals surface area (Å²) in [6.07, 6.45) is 0.145. The molecule has 0 saturated heterocycles. The second-order valence-corrected chi connectivity index (χ2v) is 6.54. The molecule has 0 aliphatic rings. The summed E-state index contributed by atoms with van der Waals surface area (Å²) < 4.78 is 5.56. The maximum Gasteiger partial charge on any atom is 0.291 e. The normalized spacial score (nSPS) is 10.6. The lowest BCUT2D eigenvalue weighted by Gasteiger charge is -2.08. The summed E-state index contributed by atoms with van der Waals surface area (Å²) in [5.41, 5.74) is 2.40. The first-order valence-corrected chi connectivity index (χ1v) is 9.05. The van der Waals surface area contributed by atoms with Crippen molar-refractivity contribution in [1.29, 1.82) is 0 Å². The predicted molar refractivity (Wildman–Crippen MR) is 111 cm³/mol. The lowest BCUT2D eigenvalue weighted by atomic mass is 10.1. The number of carbonyl (C=O) groups excluding carboxylic acids is 2. The number of phenols is 1. The van der Waals surface area contributed by atoms with Gasteiger partial charge in [0.25, 0.3) is 5.91 Å². The molecule has 144 valence electrons. The molecule has 6 heteroatoms. The van der Waals surface area contributed by atoms with Crippen molar-refractivity contribution in [3.63, 3.8) is 0 Å². The fourth-order valence-electron chi connectivity index (χ4n) is 2.95. The summed E-state index contributed by atoms with van der Waals surface area (Å²) in [7, 11) is 0. The van der Waals surface area contributed by atoms with Crippen LogP contribution in [-0.4, -0.2) is 16.9 Å². The number of furan rings is 1. The van der Waals surface area contributed by atoms with Crippen molar-refractivity contribution in [3.8, 4) is 5.75 Å². The number of para-hydroxylation sites is 3. The summed E-state index contributed by atoms with van der Waals surface area (Å²) in [5, 5.41) is 16.0. The van der Waals surface area contributed by atoms with E-state index < -0.39 is 0 Å². The Labute approximate surface area is 166 Å². The van der Waals surface area contributed by atoms with Crippen LogP contribution in [0.3, 0.4) is 0 Å². The second kappa shape index (κ2) is 7.90. The average Bonchev–Trinajstić information content (AvgIpc) is 3.16. The number of amides is 2. The molecule has 0 saturated carbocycles. The third-order valence-corrected chi connectivity index (χ3v) is 4.40. The van der Waals surface area contributed by atoms with Gasteiger partial charge in [-0.3, -0.25) is 9.59 Å². The third-order valence-electron chi connectivity index (χ3n) is 4.40. The Kier molecular flexibility index (Phi) is 4.99. The third kappa shape index (κ3) is 4.27. The molecule has 0 atom stereocenters. The molecule has 4 rings (SSSR count). The number of nitrogens with one attached hydrogen (secondary N) is 2. The van der Waals surface area contributed by atoms with Gasteiger partial charge in [-0.2, -0.15) is 0 Å². The zero-order valence-electron chi connectivity index (χ0n) is 15.4. The molecule has 4 aromatic rings. The molecule has 0 aliphatic heterocycles. The van der Waals surface area contributed by atoms with Crippen molar-refractivity contribution in [2.24, 2.45) is 0 Å². The molecule has 0 unspecified atom stereocenters. The molecule has 6 nitrogen and oxygen atoms in total. The number of fused-ring (bicyclic) bond motifs is 1. The lowest BCUT2D eigenvalue weighted by Crippen LogP contribution is -2.14. The maximum atomic E-state index is 12.4. The molecule has 3 aromatic carbocycles. The zero-order chi connectivity index (χ0) is 20.2. The highest BCUT2D eigenvalue weighted by molar-refractivity contribution is 6.04. The number of rotatable bonds is 5. The van der Waals surface area contributed by atoms with Gasteiger partial charge in [0.2, 0.25) is 5.91 Å². The zero-order valence-corrected chi connectivity index (χ0v) is 15.4.